The topological polar surface area (TPSA) is 40.5 Å². The van der Waals surface area contributed by atoms with Gasteiger partial charge in [0.2, 0.25) is 0 Å². The van der Waals surface area contributed by atoms with E-state index in [9.17, 15) is 14.3 Å². The van der Waals surface area contributed by atoms with Crippen LogP contribution in [0.25, 0.3) is 0 Å². The zero-order valence-corrected chi connectivity index (χ0v) is 10.0. The van der Waals surface area contributed by atoms with Crippen LogP contribution in [0.1, 0.15) is 29.3 Å². The van der Waals surface area contributed by atoms with E-state index < -0.39 is 11.4 Å². The molecule has 3 nitrogen and oxygen atoms in total. The van der Waals surface area contributed by atoms with E-state index in [0.29, 0.717) is 6.42 Å². The zero-order chi connectivity index (χ0) is 12.6. The van der Waals surface area contributed by atoms with Gasteiger partial charge < -0.3 is 10.0 Å². The monoisotopic (exact) mass is 237 g/mol. The van der Waals surface area contributed by atoms with Crippen molar-refractivity contribution >= 4 is 5.91 Å². The van der Waals surface area contributed by atoms with E-state index in [1.807, 2.05) is 13.8 Å². The van der Waals surface area contributed by atoms with Gasteiger partial charge in [-0.25, -0.2) is 4.39 Å². The molecule has 1 amide bonds. The van der Waals surface area contributed by atoms with Crippen molar-refractivity contribution in [3.8, 4) is 0 Å². The molecule has 0 aromatic heterocycles. The lowest BCUT2D eigenvalue weighted by Gasteiger charge is -2.46. The van der Waals surface area contributed by atoms with Gasteiger partial charge in [0.1, 0.15) is 5.82 Å². The van der Waals surface area contributed by atoms with E-state index in [-0.39, 0.29) is 24.6 Å². The number of hydrogen-bond donors (Lipinski definition) is 1. The van der Waals surface area contributed by atoms with Gasteiger partial charge in [-0.3, -0.25) is 4.79 Å². The van der Waals surface area contributed by atoms with E-state index in [1.165, 1.54) is 11.0 Å². The van der Waals surface area contributed by atoms with Crippen LogP contribution in [0.2, 0.25) is 0 Å². The molecule has 0 unspecified atom stereocenters. The molecule has 92 valence electrons. The van der Waals surface area contributed by atoms with Gasteiger partial charge in [0, 0.05) is 0 Å². The largest absolute Gasteiger partial charge is 0.386 e. The fourth-order valence-electron chi connectivity index (χ4n) is 2.00. The second-order valence-corrected chi connectivity index (χ2v) is 4.72. The lowest BCUT2D eigenvalue weighted by Crippen LogP contribution is -2.63. The molecule has 1 fully saturated rings. The Hall–Kier alpha value is -1.42. The predicted molar refractivity (Wildman–Crippen MR) is 62.3 cm³/mol. The van der Waals surface area contributed by atoms with Crippen molar-refractivity contribution in [1.82, 2.24) is 4.90 Å². The van der Waals surface area contributed by atoms with Crippen molar-refractivity contribution in [2.45, 2.75) is 25.9 Å². The molecule has 0 saturated carbocycles. The Morgan fingerprint density at radius 3 is 2.76 bits per heavy atom. The molecular weight excluding hydrogens is 221 g/mol. The summed E-state index contributed by atoms with van der Waals surface area (Å²) in [4.78, 5) is 13.5. The minimum atomic E-state index is -0.782. The Morgan fingerprint density at radius 1 is 1.53 bits per heavy atom. The molecule has 0 bridgehead atoms. The molecule has 0 radical (unpaired) electrons. The van der Waals surface area contributed by atoms with E-state index in [2.05, 4.69) is 0 Å². The lowest BCUT2D eigenvalue weighted by atomic mass is 9.90. The second-order valence-electron chi connectivity index (χ2n) is 4.72. The fourth-order valence-corrected chi connectivity index (χ4v) is 2.00. The van der Waals surface area contributed by atoms with Gasteiger partial charge in [0.15, 0.2) is 0 Å². The highest BCUT2D eigenvalue weighted by atomic mass is 19.1. The standard InChI is InChI=1S/C13H16FNO2/c1-3-13(17)7-15(8-13)12(16)10-6-9(2)4-5-11(10)14/h4-6,17H,3,7-8H2,1-2H3. The van der Waals surface area contributed by atoms with Crippen LogP contribution < -0.4 is 0 Å². The van der Waals surface area contributed by atoms with E-state index >= 15 is 0 Å². The first kappa shape index (κ1) is 12.0. The van der Waals surface area contributed by atoms with Crippen molar-refractivity contribution < 1.29 is 14.3 Å². The summed E-state index contributed by atoms with van der Waals surface area (Å²) in [5.74, 6) is -0.850. The van der Waals surface area contributed by atoms with Crippen molar-refractivity contribution in [1.29, 1.82) is 0 Å². The Morgan fingerprint density at radius 2 is 2.18 bits per heavy atom. The highest BCUT2D eigenvalue weighted by Gasteiger charge is 2.42. The first-order valence-corrected chi connectivity index (χ1v) is 5.73. The predicted octanol–water partition coefficient (Wildman–Crippen LogP) is 1.73. The molecule has 1 aromatic carbocycles. The number of rotatable bonds is 2. The number of amides is 1. The van der Waals surface area contributed by atoms with Crippen LogP contribution in [-0.4, -0.2) is 34.6 Å². The minimum absolute atomic E-state index is 0.0863. The molecule has 1 aliphatic rings. The number of carbonyl (C=O) groups excluding carboxylic acids is 1. The van der Waals surface area contributed by atoms with Crippen molar-refractivity contribution in [3.05, 3.63) is 35.1 Å². The second kappa shape index (κ2) is 4.11. The van der Waals surface area contributed by atoms with Crippen LogP contribution in [0.5, 0.6) is 0 Å². The number of hydrogen-bond acceptors (Lipinski definition) is 2. The SMILES string of the molecule is CCC1(O)CN(C(=O)c2cc(C)ccc2F)C1. The Bertz CT molecular complexity index is 453. The van der Waals surface area contributed by atoms with Gasteiger partial charge in [-0.1, -0.05) is 18.6 Å². The fraction of sp³-hybridized carbons (Fsp3) is 0.462. The molecule has 1 N–H and O–H groups in total. The third-order valence-corrected chi connectivity index (χ3v) is 3.27. The molecule has 1 heterocycles. The number of carbonyl (C=O) groups is 1. The summed E-state index contributed by atoms with van der Waals surface area (Å²) >= 11 is 0. The summed E-state index contributed by atoms with van der Waals surface area (Å²) in [5, 5.41) is 9.82. The average Bonchev–Trinajstić information content (AvgIpc) is 2.27. The average molecular weight is 237 g/mol. The summed E-state index contributed by atoms with van der Waals surface area (Å²) in [5.41, 5.74) is 0.153. The minimum Gasteiger partial charge on any atom is -0.386 e. The lowest BCUT2D eigenvalue weighted by molar-refractivity contribution is -0.0827. The zero-order valence-electron chi connectivity index (χ0n) is 10.0. The maximum absolute atomic E-state index is 13.5. The van der Waals surface area contributed by atoms with Gasteiger partial charge in [0.05, 0.1) is 24.3 Å². The third-order valence-electron chi connectivity index (χ3n) is 3.27. The van der Waals surface area contributed by atoms with E-state index in [1.54, 1.807) is 12.1 Å². The van der Waals surface area contributed by atoms with Gasteiger partial charge >= 0.3 is 0 Å². The first-order chi connectivity index (χ1) is 7.95. The summed E-state index contributed by atoms with van der Waals surface area (Å²) < 4.78 is 13.5. The van der Waals surface area contributed by atoms with E-state index in [0.717, 1.165) is 5.56 Å². The summed E-state index contributed by atoms with van der Waals surface area (Å²) in [6.45, 7) is 4.26. The first-order valence-electron chi connectivity index (χ1n) is 5.73. The molecule has 0 spiro atoms. The van der Waals surface area contributed by atoms with Crippen LogP contribution in [0, 0.1) is 12.7 Å². The number of benzene rings is 1. The van der Waals surface area contributed by atoms with Crippen LogP contribution in [-0.2, 0) is 0 Å². The molecule has 1 aliphatic heterocycles. The van der Waals surface area contributed by atoms with Crippen LogP contribution in [0.15, 0.2) is 18.2 Å². The number of β-amino-alcohol motifs (C(OH)–C–C–N with tert-alkyl or cyclic N) is 1. The highest BCUT2D eigenvalue weighted by Crippen LogP contribution is 2.26. The van der Waals surface area contributed by atoms with E-state index in [4.69, 9.17) is 0 Å². The van der Waals surface area contributed by atoms with Crippen molar-refractivity contribution in [2.24, 2.45) is 0 Å². The normalized spacial score (nSPS) is 17.8. The Balaban J connectivity index is 2.14. The summed E-state index contributed by atoms with van der Waals surface area (Å²) in [6.07, 6.45) is 0.604. The maximum atomic E-state index is 13.5. The maximum Gasteiger partial charge on any atom is 0.257 e. The third kappa shape index (κ3) is 2.17. The highest BCUT2D eigenvalue weighted by molar-refractivity contribution is 5.95. The molecular formula is C13H16FNO2. The van der Waals surface area contributed by atoms with Gasteiger partial charge in [-0.2, -0.15) is 0 Å². The van der Waals surface area contributed by atoms with Crippen LogP contribution in [0.3, 0.4) is 0 Å². The number of aliphatic hydroxyl groups is 1. The summed E-state index contributed by atoms with van der Waals surface area (Å²) in [6, 6.07) is 4.47. The van der Waals surface area contributed by atoms with Gasteiger partial charge in [0.25, 0.3) is 5.91 Å². The molecule has 1 saturated heterocycles. The Kier molecular flexibility index (Phi) is 2.91. The van der Waals surface area contributed by atoms with Gasteiger partial charge in [-0.05, 0) is 25.5 Å². The molecule has 4 heteroatoms. The number of nitrogens with zero attached hydrogens (tertiary/aromatic N) is 1. The molecule has 1 aromatic rings. The smallest absolute Gasteiger partial charge is 0.257 e. The van der Waals surface area contributed by atoms with Gasteiger partial charge in [-0.15, -0.1) is 0 Å². The van der Waals surface area contributed by atoms with Crippen LogP contribution >= 0.6 is 0 Å². The van der Waals surface area contributed by atoms with Crippen molar-refractivity contribution in [3.63, 3.8) is 0 Å². The quantitative estimate of drug-likeness (QED) is 0.851. The van der Waals surface area contributed by atoms with Crippen molar-refractivity contribution in [2.75, 3.05) is 13.1 Å². The van der Waals surface area contributed by atoms with Crippen LogP contribution in [0.4, 0.5) is 4.39 Å². The molecule has 0 atom stereocenters. The Labute approximate surface area is 99.9 Å². The number of halogens is 1. The number of likely N-dealkylation sites (tertiary alicyclic amines) is 1. The summed E-state index contributed by atoms with van der Waals surface area (Å²) in [7, 11) is 0. The number of aryl methyl sites for hydroxylation is 1. The molecule has 0 aliphatic carbocycles. The molecule has 17 heavy (non-hydrogen) atoms. The molecule has 2 rings (SSSR count).